The van der Waals surface area contributed by atoms with Gasteiger partial charge in [0, 0.05) is 12.7 Å². The highest BCUT2D eigenvalue weighted by atomic mass is 32.2. The zero-order chi connectivity index (χ0) is 22.6. The minimum Gasteiger partial charge on any atom is -0.495 e. The van der Waals surface area contributed by atoms with Gasteiger partial charge in [-0.1, -0.05) is 18.2 Å². The largest absolute Gasteiger partial charge is 0.495 e. The molecule has 0 spiro atoms. The Morgan fingerprint density at radius 2 is 1.87 bits per heavy atom. The van der Waals surface area contributed by atoms with Crippen molar-refractivity contribution in [1.29, 1.82) is 0 Å². The number of nitrogens with zero attached hydrogens (tertiary/aromatic N) is 1. The highest BCUT2D eigenvalue weighted by molar-refractivity contribution is 7.90. The molecule has 0 unspecified atom stereocenters. The van der Waals surface area contributed by atoms with Gasteiger partial charge in [0.1, 0.15) is 23.8 Å². The molecule has 3 rings (SSSR count). The lowest BCUT2D eigenvalue weighted by molar-refractivity contribution is -0.146. The van der Waals surface area contributed by atoms with Crippen LogP contribution in [0.5, 0.6) is 5.75 Å². The third-order valence-corrected chi connectivity index (χ3v) is 5.78. The molecule has 0 saturated heterocycles. The Labute approximate surface area is 179 Å². The molecule has 1 heterocycles. The summed E-state index contributed by atoms with van der Waals surface area (Å²) in [6, 6.07) is 11.3. The summed E-state index contributed by atoms with van der Waals surface area (Å²) in [6.45, 7) is -0.209. The minimum atomic E-state index is -3.45. The van der Waals surface area contributed by atoms with Crippen LogP contribution in [0, 0.1) is 0 Å². The number of methoxy groups -OCH3 is 1. The fraction of sp³-hybridized carbons (Fsp3) is 0.286. The van der Waals surface area contributed by atoms with Crippen LogP contribution in [0.25, 0.3) is 0 Å². The van der Waals surface area contributed by atoms with Crippen molar-refractivity contribution in [3.8, 4) is 5.75 Å². The Hall–Kier alpha value is -3.40. The van der Waals surface area contributed by atoms with E-state index in [-0.39, 0.29) is 48.5 Å². The number of sulfone groups is 1. The first-order chi connectivity index (χ1) is 14.7. The number of nitrogens with one attached hydrogen (secondary N) is 1. The Morgan fingerprint density at radius 1 is 1.13 bits per heavy atom. The normalized spacial score (nSPS) is 13.2. The lowest BCUT2D eigenvalue weighted by Crippen LogP contribution is -2.42. The zero-order valence-corrected chi connectivity index (χ0v) is 17.9. The third-order valence-electron chi connectivity index (χ3n) is 4.64. The molecule has 0 saturated carbocycles. The number of hydrogen-bond donors (Lipinski definition) is 1. The van der Waals surface area contributed by atoms with Crippen LogP contribution in [0.3, 0.4) is 0 Å². The maximum atomic E-state index is 12.6. The monoisotopic (exact) mass is 446 g/mol. The second-order valence-electron chi connectivity index (χ2n) is 6.96. The van der Waals surface area contributed by atoms with E-state index in [2.05, 4.69) is 5.32 Å². The SMILES string of the molecule is COc1cc(COC(=O)CCC(=O)N2CC(=O)Nc3ccccc32)ccc1S(C)(=O)=O. The number of hydrogen-bond acceptors (Lipinski definition) is 7. The van der Waals surface area contributed by atoms with Gasteiger partial charge < -0.3 is 19.7 Å². The van der Waals surface area contributed by atoms with Gasteiger partial charge in [0.25, 0.3) is 0 Å². The van der Waals surface area contributed by atoms with Crippen LogP contribution >= 0.6 is 0 Å². The van der Waals surface area contributed by atoms with E-state index in [0.717, 1.165) is 6.26 Å². The molecule has 1 aliphatic rings. The van der Waals surface area contributed by atoms with Crippen LogP contribution in [-0.4, -0.2) is 46.1 Å². The summed E-state index contributed by atoms with van der Waals surface area (Å²) in [5.41, 5.74) is 1.67. The molecule has 0 atom stereocenters. The second kappa shape index (κ2) is 9.17. The van der Waals surface area contributed by atoms with Crippen LogP contribution in [0.4, 0.5) is 11.4 Å². The number of esters is 1. The number of rotatable bonds is 7. The molecule has 164 valence electrons. The standard InChI is InChI=1S/C21H22N2O7S/c1-29-17-11-14(7-8-18(17)31(2,27)28)13-30-21(26)10-9-20(25)23-12-19(24)22-15-5-3-4-6-16(15)23/h3-8,11H,9-10,12-13H2,1-2H3,(H,22,24). The van der Waals surface area contributed by atoms with Gasteiger partial charge in [-0.3, -0.25) is 14.4 Å². The van der Waals surface area contributed by atoms with Gasteiger partial charge in [0.2, 0.25) is 11.8 Å². The summed E-state index contributed by atoms with van der Waals surface area (Å²) in [4.78, 5) is 37.9. The van der Waals surface area contributed by atoms with Crippen molar-refractivity contribution >= 4 is 39.0 Å². The van der Waals surface area contributed by atoms with Crippen molar-refractivity contribution in [3.05, 3.63) is 48.0 Å². The Balaban J connectivity index is 1.56. The van der Waals surface area contributed by atoms with Gasteiger partial charge in [-0.25, -0.2) is 8.42 Å². The molecule has 0 bridgehead atoms. The van der Waals surface area contributed by atoms with Gasteiger partial charge >= 0.3 is 5.97 Å². The van der Waals surface area contributed by atoms with E-state index in [9.17, 15) is 22.8 Å². The molecule has 2 aromatic carbocycles. The van der Waals surface area contributed by atoms with Crippen LogP contribution < -0.4 is 15.0 Å². The van der Waals surface area contributed by atoms with Crippen LogP contribution in [0.15, 0.2) is 47.4 Å². The van der Waals surface area contributed by atoms with Gasteiger partial charge in [-0.2, -0.15) is 0 Å². The van der Waals surface area contributed by atoms with Crippen molar-refractivity contribution < 1.29 is 32.3 Å². The van der Waals surface area contributed by atoms with Crippen LogP contribution in [0.2, 0.25) is 0 Å². The average molecular weight is 446 g/mol. The summed E-state index contributed by atoms with van der Waals surface area (Å²) < 4.78 is 33.8. The fourth-order valence-electron chi connectivity index (χ4n) is 3.14. The molecule has 31 heavy (non-hydrogen) atoms. The molecule has 0 radical (unpaired) electrons. The maximum absolute atomic E-state index is 12.6. The molecule has 1 aliphatic heterocycles. The zero-order valence-electron chi connectivity index (χ0n) is 17.1. The van der Waals surface area contributed by atoms with E-state index in [1.807, 2.05) is 0 Å². The third kappa shape index (κ3) is 5.40. The summed E-state index contributed by atoms with van der Waals surface area (Å²) in [5, 5.41) is 2.70. The van der Waals surface area contributed by atoms with Gasteiger partial charge in [-0.05, 0) is 29.8 Å². The lowest BCUT2D eigenvalue weighted by Gasteiger charge is -2.29. The first-order valence-corrected chi connectivity index (χ1v) is 11.3. The van der Waals surface area contributed by atoms with Gasteiger partial charge in [-0.15, -0.1) is 0 Å². The smallest absolute Gasteiger partial charge is 0.306 e. The van der Waals surface area contributed by atoms with Crippen molar-refractivity contribution in [1.82, 2.24) is 0 Å². The predicted molar refractivity (Wildman–Crippen MR) is 113 cm³/mol. The molecular formula is C21H22N2O7S. The molecule has 0 aromatic heterocycles. The maximum Gasteiger partial charge on any atom is 0.306 e. The number of benzene rings is 2. The molecule has 2 amide bonds. The van der Waals surface area contributed by atoms with Gasteiger partial charge in [0.15, 0.2) is 9.84 Å². The fourth-order valence-corrected chi connectivity index (χ4v) is 3.97. The summed E-state index contributed by atoms with van der Waals surface area (Å²) in [5.74, 6) is -1.10. The van der Waals surface area contributed by atoms with E-state index in [1.165, 1.54) is 30.2 Å². The first kappa shape index (κ1) is 22.3. The van der Waals surface area contributed by atoms with E-state index in [0.29, 0.717) is 16.9 Å². The first-order valence-electron chi connectivity index (χ1n) is 9.41. The molecule has 2 aromatic rings. The number of anilines is 2. The van der Waals surface area contributed by atoms with Crippen molar-refractivity contribution in [3.63, 3.8) is 0 Å². The highest BCUT2D eigenvalue weighted by Gasteiger charge is 2.26. The minimum absolute atomic E-state index is 0.0431. The number of para-hydroxylation sites is 2. The summed E-state index contributed by atoms with van der Waals surface area (Å²) in [7, 11) is -2.10. The number of amides is 2. The number of fused-ring (bicyclic) bond motifs is 1. The summed E-state index contributed by atoms with van der Waals surface area (Å²) in [6.07, 6.45) is 0.806. The Morgan fingerprint density at radius 3 is 2.58 bits per heavy atom. The van der Waals surface area contributed by atoms with Crippen LogP contribution in [0.1, 0.15) is 18.4 Å². The molecule has 9 nitrogen and oxygen atoms in total. The average Bonchev–Trinajstić information content (AvgIpc) is 2.74. The topological polar surface area (TPSA) is 119 Å². The number of carbonyl (C=O) groups is 3. The Kier molecular flexibility index (Phi) is 6.59. The Bertz CT molecular complexity index is 1130. The molecule has 0 aliphatic carbocycles. The summed E-state index contributed by atoms with van der Waals surface area (Å²) >= 11 is 0. The lowest BCUT2D eigenvalue weighted by atomic mass is 10.1. The molecular weight excluding hydrogens is 424 g/mol. The number of ether oxygens (including phenoxy) is 2. The van der Waals surface area contributed by atoms with E-state index < -0.39 is 15.8 Å². The van der Waals surface area contributed by atoms with E-state index >= 15 is 0 Å². The van der Waals surface area contributed by atoms with E-state index in [1.54, 1.807) is 24.3 Å². The number of carbonyl (C=O) groups excluding carboxylic acids is 3. The molecule has 10 heteroatoms. The quantitative estimate of drug-likeness (QED) is 0.645. The van der Waals surface area contributed by atoms with Gasteiger partial charge in [0.05, 0.1) is 24.9 Å². The van der Waals surface area contributed by atoms with Crippen molar-refractivity contribution in [2.75, 3.05) is 30.1 Å². The molecule has 1 N–H and O–H groups in total. The van der Waals surface area contributed by atoms with Crippen LogP contribution in [-0.2, 0) is 35.6 Å². The highest BCUT2D eigenvalue weighted by Crippen LogP contribution is 2.29. The van der Waals surface area contributed by atoms with E-state index in [4.69, 9.17) is 9.47 Å². The van der Waals surface area contributed by atoms with Crippen molar-refractivity contribution in [2.24, 2.45) is 0 Å². The second-order valence-corrected chi connectivity index (χ2v) is 8.95. The van der Waals surface area contributed by atoms with Crippen molar-refractivity contribution in [2.45, 2.75) is 24.3 Å². The predicted octanol–water partition coefficient (Wildman–Crippen LogP) is 1.91. The molecule has 0 fully saturated rings.